The van der Waals surface area contributed by atoms with Crippen LogP contribution in [0.3, 0.4) is 0 Å². The van der Waals surface area contributed by atoms with Gasteiger partial charge < -0.3 is 10.1 Å². The number of aryl methyl sites for hydroxylation is 1. The number of nitrogens with zero attached hydrogens (tertiary/aromatic N) is 2. The molecule has 0 aliphatic carbocycles. The second kappa shape index (κ2) is 9.10. The molecule has 134 valence electrons. The number of amides is 1. The Morgan fingerprint density at radius 2 is 1.85 bits per heavy atom. The highest BCUT2D eigenvalue weighted by molar-refractivity contribution is 7.08. The van der Waals surface area contributed by atoms with Crippen LogP contribution in [0.15, 0.2) is 54.6 Å². The summed E-state index contributed by atoms with van der Waals surface area (Å²) in [5, 5.41) is 6.89. The van der Waals surface area contributed by atoms with Gasteiger partial charge in [0.2, 0.25) is 0 Å². The van der Waals surface area contributed by atoms with Gasteiger partial charge in [0.05, 0.1) is 5.69 Å². The van der Waals surface area contributed by atoms with Gasteiger partial charge in [-0.2, -0.15) is 0 Å². The molecule has 3 rings (SSSR count). The molecule has 0 aliphatic heterocycles. The van der Waals surface area contributed by atoms with Gasteiger partial charge in [0, 0.05) is 6.54 Å². The molecule has 0 saturated carbocycles. The normalized spacial score (nSPS) is 10.5. The molecule has 1 amide bonds. The molecule has 0 fully saturated rings. The van der Waals surface area contributed by atoms with Gasteiger partial charge in [0.25, 0.3) is 5.91 Å². The Kier molecular flexibility index (Phi) is 6.33. The molecule has 1 N–H and O–H groups in total. The van der Waals surface area contributed by atoms with Crippen LogP contribution in [0.4, 0.5) is 0 Å². The molecule has 1 aromatic heterocycles. The molecule has 3 aromatic rings. The number of benzene rings is 2. The lowest BCUT2D eigenvalue weighted by Crippen LogP contribution is -2.25. The average molecular weight is 367 g/mol. The summed E-state index contributed by atoms with van der Waals surface area (Å²) in [6.45, 7) is 3.10. The maximum absolute atomic E-state index is 12.1. The predicted molar refractivity (Wildman–Crippen MR) is 103 cm³/mol. The minimum atomic E-state index is -0.0975. The molecular weight excluding hydrogens is 346 g/mol. The number of rotatable bonds is 8. The highest BCUT2D eigenvalue weighted by Crippen LogP contribution is 2.15. The minimum Gasteiger partial charge on any atom is -0.489 e. The van der Waals surface area contributed by atoms with E-state index in [0.29, 0.717) is 24.4 Å². The molecule has 0 bridgehead atoms. The van der Waals surface area contributed by atoms with Crippen LogP contribution in [0.2, 0.25) is 0 Å². The number of carbonyl (C=O) groups excluding carboxylic acids is 1. The summed E-state index contributed by atoms with van der Waals surface area (Å²) in [6.07, 6.45) is 1.47. The standard InChI is InChI=1S/C20H21N3O2S/c1-2-18-19(26-23-22-18)20(24)21-13-12-15-8-10-17(11-9-15)25-14-16-6-4-3-5-7-16/h3-11H,2,12-14H2,1H3,(H,21,24). The first-order valence-electron chi connectivity index (χ1n) is 8.61. The van der Waals surface area contributed by atoms with Crippen LogP contribution in [0, 0.1) is 0 Å². The Labute approximate surface area is 157 Å². The van der Waals surface area contributed by atoms with E-state index in [1.54, 1.807) is 0 Å². The predicted octanol–water partition coefficient (Wildman–Crippen LogP) is 3.65. The molecule has 26 heavy (non-hydrogen) atoms. The maximum atomic E-state index is 12.1. The number of aromatic nitrogens is 2. The first-order chi connectivity index (χ1) is 12.8. The third kappa shape index (κ3) is 4.89. The first kappa shape index (κ1) is 18.1. The lowest BCUT2D eigenvalue weighted by Gasteiger charge is -2.08. The topological polar surface area (TPSA) is 64.1 Å². The van der Waals surface area contributed by atoms with Gasteiger partial charge in [-0.1, -0.05) is 53.9 Å². The van der Waals surface area contributed by atoms with Crippen molar-refractivity contribution in [1.29, 1.82) is 0 Å². The molecular formula is C20H21N3O2S. The van der Waals surface area contributed by atoms with Crippen molar-refractivity contribution in [1.82, 2.24) is 14.9 Å². The quantitative estimate of drug-likeness (QED) is 0.660. The third-order valence-corrected chi connectivity index (χ3v) is 4.73. The van der Waals surface area contributed by atoms with Crippen molar-refractivity contribution in [2.45, 2.75) is 26.4 Å². The number of carbonyl (C=O) groups is 1. The van der Waals surface area contributed by atoms with E-state index in [-0.39, 0.29) is 5.91 Å². The lowest BCUT2D eigenvalue weighted by molar-refractivity contribution is 0.0957. The van der Waals surface area contributed by atoms with E-state index in [9.17, 15) is 4.79 Å². The molecule has 0 saturated heterocycles. The summed E-state index contributed by atoms with van der Waals surface area (Å²) >= 11 is 1.14. The molecule has 0 atom stereocenters. The summed E-state index contributed by atoms with van der Waals surface area (Å²) in [5.41, 5.74) is 3.05. The molecule has 0 spiro atoms. The largest absolute Gasteiger partial charge is 0.489 e. The Hall–Kier alpha value is -2.73. The molecule has 0 aliphatic rings. The van der Waals surface area contributed by atoms with Crippen LogP contribution in [-0.4, -0.2) is 22.0 Å². The minimum absolute atomic E-state index is 0.0975. The van der Waals surface area contributed by atoms with Gasteiger partial charge in [0.1, 0.15) is 17.2 Å². The second-order valence-electron chi connectivity index (χ2n) is 5.83. The van der Waals surface area contributed by atoms with E-state index in [0.717, 1.165) is 40.5 Å². The van der Waals surface area contributed by atoms with Gasteiger partial charge in [-0.3, -0.25) is 4.79 Å². The fourth-order valence-electron chi connectivity index (χ4n) is 2.51. The SMILES string of the molecule is CCc1nnsc1C(=O)NCCc1ccc(OCc2ccccc2)cc1. The summed E-state index contributed by atoms with van der Waals surface area (Å²) < 4.78 is 9.63. The summed E-state index contributed by atoms with van der Waals surface area (Å²) in [4.78, 5) is 12.8. The lowest BCUT2D eigenvalue weighted by atomic mass is 10.1. The van der Waals surface area contributed by atoms with Crippen molar-refractivity contribution in [3.63, 3.8) is 0 Å². The molecule has 0 unspecified atom stereocenters. The number of hydrogen-bond acceptors (Lipinski definition) is 5. The highest BCUT2D eigenvalue weighted by atomic mass is 32.1. The molecule has 5 nitrogen and oxygen atoms in total. The van der Waals surface area contributed by atoms with Gasteiger partial charge in [0.15, 0.2) is 0 Å². The Morgan fingerprint density at radius 3 is 2.58 bits per heavy atom. The average Bonchev–Trinajstić information content (AvgIpc) is 3.17. The van der Waals surface area contributed by atoms with Gasteiger partial charge in [-0.05, 0) is 47.6 Å². The number of nitrogens with one attached hydrogen (secondary N) is 1. The van der Waals surface area contributed by atoms with Crippen LogP contribution >= 0.6 is 11.5 Å². The fraction of sp³-hybridized carbons (Fsp3) is 0.250. The van der Waals surface area contributed by atoms with Crippen molar-refractivity contribution in [2.75, 3.05) is 6.54 Å². The smallest absolute Gasteiger partial charge is 0.264 e. The van der Waals surface area contributed by atoms with Gasteiger partial charge in [-0.15, -0.1) is 5.10 Å². The van der Waals surface area contributed by atoms with Crippen LogP contribution in [-0.2, 0) is 19.4 Å². The Bertz CT molecular complexity index is 832. The van der Waals surface area contributed by atoms with Crippen molar-refractivity contribution >= 4 is 17.4 Å². The fourth-order valence-corrected chi connectivity index (χ4v) is 3.17. The van der Waals surface area contributed by atoms with E-state index < -0.39 is 0 Å². The van der Waals surface area contributed by atoms with Gasteiger partial charge >= 0.3 is 0 Å². The molecule has 6 heteroatoms. The third-order valence-electron chi connectivity index (χ3n) is 3.97. The van der Waals surface area contributed by atoms with Crippen molar-refractivity contribution in [3.05, 3.63) is 76.3 Å². The van der Waals surface area contributed by atoms with Crippen molar-refractivity contribution in [2.24, 2.45) is 0 Å². The van der Waals surface area contributed by atoms with E-state index in [2.05, 4.69) is 14.9 Å². The van der Waals surface area contributed by atoms with Crippen molar-refractivity contribution in [3.8, 4) is 5.75 Å². The van der Waals surface area contributed by atoms with E-state index in [4.69, 9.17) is 4.74 Å². The van der Waals surface area contributed by atoms with Crippen LogP contribution < -0.4 is 10.1 Å². The summed E-state index contributed by atoms with van der Waals surface area (Å²) in [6, 6.07) is 18.1. The molecule has 1 heterocycles. The monoisotopic (exact) mass is 367 g/mol. The Balaban J connectivity index is 1.45. The number of ether oxygens (including phenoxy) is 1. The highest BCUT2D eigenvalue weighted by Gasteiger charge is 2.14. The zero-order valence-corrected chi connectivity index (χ0v) is 15.5. The van der Waals surface area contributed by atoms with Gasteiger partial charge in [-0.25, -0.2) is 0 Å². The zero-order chi connectivity index (χ0) is 18.2. The summed E-state index contributed by atoms with van der Waals surface area (Å²) in [7, 11) is 0. The van der Waals surface area contributed by atoms with Crippen LogP contribution in [0.1, 0.15) is 33.4 Å². The summed E-state index contributed by atoms with van der Waals surface area (Å²) in [5.74, 6) is 0.740. The van der Waals surface area contributed by atoms with E-state index in [1.165, 1.54) is 0 Å². The second-order valence-corrected chi connectivity index (χ2v) is 6.58. The van der Waals surface area contributed by atoms with E-state index in [1.807, 2.05) is 61.5 Å². The van der Waals surface area contributed by atoms with E-state index >= 15 is 0 Å². The maximum Gasteiger partial charge on any atom is 0.264 e. The molecule has 2 aromatic carbocycles. The number of hydrogen-bond donors (Lipinski definition) is 1. The Morgan fingerprint density at radius 1 is 1.08 bits per heavy atom. The van der Waals surface area contributed by atoms with Crippen LogP contribution in [0.5, 0.6) is 5.75 Å². The van der Waals surface area contributed by atoms with Crippen LogP contribution in [0.25, 0.3) is 0 Å². The molecule has 0 radical (unpaired) electrons. The first-order valence-corrected chi connectivity index (χ1v) is 9.38. The zero-order valence-electron chi connectivity index (χ0n) is 14.6. The van der Waals surface area contributed by atoms with Crippen molar-refractivity contribution < 1.29 is 9.53 Å².